The largest absolute Gasteiger partial charge is 0.479 e. The smallest absolute Gasteiger partial charge is 0.149 e. The van der Waals surface area contributed by atoms with Crippen LogP contribution in [0.3, 0.4) is 0 Å². The monoisotopic (exact) mass is 201 g/mol. The molecule has 0 aliphatic carbocycles. The lowest BCUT2D eigenvalue weighted by molar-refractivity contribution is 0.371. The third-order valence-electron chi connectivity index (χ3n) is 1.69. The van der Waals surface area contributed by atoms with Crippen molar-refractivity contribution < 1.29 is 4.74 Å². The standard InChI is InChI=1S/C13H15NO/c1-4-5-10-15-13-9-7-6-8-12(13)14-11(2)3/h6-9H,10H2,1-3H3. The van der Waals surface area contributed by atoms with E-state index < -0.39 is 0 Å². The van der Waals surface area contributed by atoms with Crippen LogP contribution in [0.15, 0.2) is 29.3 Å². The van der Waals surface area contributed by atoms with Crippen LogP contribution in [-0.2, 0) is 0 Å². The van der Waals surface area contributed by atoms with Crippen molar-refractivity contribution in [2.45, 2.75) is 20.8 Å². The van der Waals surface area contributed by atoms with Crippen molar-refractivity contribution in [2.75, 3.05) is 6.61 Å². The fraction of sp³-hybridized carbons (Fsp3) is 0.308. The minimum Gasteiger partial charge on any atom is -0.479 e. The summed E-state index contributed by atoms with van der Waals surface area (Å²) in [6, 6.07) is 7.71. The third-order valence-corrected chi connectivity index (χ3v) is 1.69. The lowest BCUT2D eigenvalue weighted by Crippen LogP contribution is -1.94. The van der Waals surface area contributed by atoms with E-state index in [1.165, 1.54) is 0 Å². The molecule has 0 atom stereocenters. The molecule has 0 saturated carbocycles. The highest BCUT2D eigenvalue weighted by Gasteiger charge is 1.99. The molecule has 0 radical (unpaired) electrons. The second-order valence-electron chi connectivity index (χ2n) is 3.24. The zero-order chi connectivity index (χ0) is 11.1. The molecule has 0 fully saturated rings. The minimum atomic E-state index is 0.409. The van der Waals surface area contributed by atoms with E-state index in [2.05, 4.69) is 16.8 Å². The molecule has 0 heterocycles. The number of aliphatic imine (C=N–C) groups is 1. The Morgan fingerprint density at radius 1 is 1.33 bits per heavy atom. The Labute approximate surface area is 91.0 Å². The first-order valence-electron chi connectivity index (χ1n) is 4.87. The molecule has 0 unspecified atom stereocenters. The quantitative estimate of drug-likeness (QED) is 0.543. The van der Waals surface area contributed by atoms with Gasteiger partial charge in [0.1, 0.15) is 18.0 Å². The van der Waals surface area contributed by atoms with Crippen molar-refractivity contribution in [1.82, 2.24) is 0 Å². The number of benzene rings is 1. The summed E-state index contributed by atoms with van der Waals surface area (Å²) < 4.78 is 5.50. The molecule has 0 spiro atoms. The number of nitrogens with zero attached hydrogens (tertiary/aromatic N) is 1. The van der Waals surface area contributed by atoms with Gasteiger partial charge in [-0.25, -0.2) is 0 Å². The molecular weight excluding hydrogens is 186 g/mol. The SMILES string of the molecule is CC#CCOc1ccccc1N=C(C)C. The number of hydrogen-bond donors (Lipinski definition) is 0. The van der Waals surface area contributed by atoms with Gasteiger partial charge in [-0.1, -0.05) is 18.1 Å². The Bertz CT molecular complexity index is 406. The van der Waals surface area contributed by atoms with E-state index in [0.29, 0.717) is 6.61 Å². The van der Waals surface area contributed by atoms with E-state index in [4.69, 9.17) is 4.74 Å². The fourth-order valence-corrected chi connectivity index (χ4v) is 1.10. The second kappa shape index (κ2) is 5.87. The molecule has 1 aromatic rings. The van der Waals surface area contributed by atoms with Gasteiger partial charge in [-0.3, -0.25) is 4.99 Å². The predicted molar refractivity (Wildman–Crippen MR) is 63.8 cm³/mol. The van der Waals surface area contributed by atoms with Gasteiger partial charge in [0, 0.05) is 5.71 Å². The summed E-state index contributed by atoms with van der Waals surface area (Å²) in [5.74, 6) is 6.42. The Hall–Kier alpha value is -1.75. The first-order valence-corrected chi connectivity index (χ1v) is 4.87. The molecule has 0 bridgehead atoms. The van der Waals surface area contributed by atoms with Gasteiger partial charge in [-0.2, -0.15) is 0 Å². The van der Waals surface area contributed by atoms with E-state index in [1.54, 1.807) is 6.92 Å². The number of rotatable bonds is 3. The zero-order valence-corrected chi connectivity index (χ0v) is 9.37. The van der Waals surface area contributed by atoms with Crippen LogP contribution in [0.2, 0.25) is 0 Å². The molecule has 2 nitrogen and oxygen atoms in total. The number of hydrogen-bond acceptors (Lipinski definition) is 2. The highest BCUT2D eigenvalue weighted by atomic mass is 16.5. The molecule has 0 saturated heterocycles. The molecule has 15 heavy (non-hydrogen) atoms. The third kappa shape index (κ3) is 3.86. The van der Waals surface area contributed by atoms with E-state index in [-0.39, 0.29) is 0 Å². The lowest BCUT2D eigenvalue weighted by atomic mass is 10.3. The maximum absolute atomic E-state index is 5.50. The maximum atomic E-state index is 5.50. The van der Waals surface area contributed by atoms with Gasteiger partial charge in [0.2, 0.25) is 0 Å². The van der Waals surface area contributed by atoms with Crippen LogP contribution in [0.5, 0.6) is 5.75 Å². The number of para-hydroxylation sites is 2. The normalized spacial score (nSPS) is 8.73. The van der Waals surface area contributed by atoms with Gasteiger partial charge >= 0.3 is 0 Å². The molecule has 0 aromatic heterocycles. The van der Waals surface area contributed by atoms with E-state index in [0.717, 1.165) is 17.1 Å². The van der Waals surface area contributed by atoms with E-state index in [1.807, 2.05) is 38.1 Å². The summed E-state index contributed by atoms with van der Waals surface area (Å²) in [7, 11) is 0. The lowest BCUT2D eigenvalue weighted by Gasteiger charge is -2.05. The topological polar surface area (TPSA) is 21.6 Å². The van der Waals surface area contributed by atoms with Crippen molar-refractivity contribution in [1.29, 1.82) is 0 Å². The summed E-state index contributed by atoms with van der Waals surface area (Å²) >= 11 is 0. The summed E-state index contributed by atoms with van der Waals surface area (Å²) in [5.41, 5.74) is 1.86. The van der Waals surface area contributed by atoms with E-state index in [9.17, 15) is 0 Å². The van der Waals surface area contributed by atoms with Gasteiger partial charge in [-0.15, -0.1) is 5.92 Å². The summed E-state index contributed by atoms with van der Waals surface area (Å²) in [5, 5.41) is 0. The molecule has 0 amide bonds. The average molecular weight is 201 g/mol. The first kappa shape index (κ1) is 11.3. The van der Waals surface area contributed by atoms with E-state index >= 15 is 0 Å². The highest BCUT2D eigenvalue weighted by molar-refractivity contribution is 5.82. The summed E-state index contributed by atoms with van der Waals surface area (Å²) in [6.07, 6.45) is 0. The van der Waals surface area contributed by atoms with Gasteiger partial charge in [0.05, 0.1) is 0 Å². The van der Waals surface area contributed by atoms with Gasteiger partial charge in [0.25, 0.3) is 0 Å². The van der Waals surface area contributed by atoms with Crippen LogP contribution in [0.25, 0.3) is 0 Å². The van der Waals surface area contributed by atoms with Crippen LogP contribution in [-0.4, -0.2) is 12.3 Å². The molecular formula is C13H15NO. The molecule has 0 N–H and O–H groups in total. The van der Waals surface area contributed by atoms with Crippen LogP contribution in [0.4, 0.5) is 5.69 Å². The van der Waals surface area contributed by atoms with Crippen LogP contribution < -0.4 is 4.74 Å². The maximum Gasteiger partial charge on any atom is 0.149 e. The molecule has 78 valence electrons. The molecule has 1 aromatic carbocycles. The predicted octanol–water partition coefficient (Wildman–Crippen LogP) is 3.20. The van der Waals surface area contributed by atoms with Crippen molar-refractivity contribution in [3.63, 3.8) is 0 Å². The van der Waals surface area contributed by atoms with Crippen molar-refractivity contribution in [3.8, 4) is 17.6 Å². The van der Waals surface area contributed by atoms with Crippen LogP contribution in [0.1, 0.15) is 20.8 Å². The van der Waals surface area contributed by atoms with Crippen LogP contribution >= 0.6 is 0 Å². The minimum absolute atomic E-state index is 0.409. The molecule has 1 rings (SSSR count). The Morgan fingerprint density at radius 2 is 2.07 bits per heavy atom. The molecule has 0 aliphatic heterocycles. The number of ether oxygens (including phenoxy) is 1. The molecule has 0 aliphatic rings. The highest BCUT2D eigenvalue weighted by Crippen LogP contribution is 2.26. The fourth-order valence-electron chi connectivity index (χ4n) is 1.10. The molecule has 2 heteroatoms. The van der Waals surface area contributed by atoms with Gasteiger partial charge in [0.15, 0.2) is 0 Å². The second-order valence-corrected chi connectivity index (χ2v) is 3.24. The van der Waals surface area contributed by atoms with Gasteiger partial charge in [-0.05, 0) is 32.9 Å². The van der Waals surface area contributed by atoms with Crippen molar-refractivity contribution >= 4 is 11.4 Å². The van der Waals surface area contributed by atoms with Crippen molar-refractivity contribution in [3.05, 3.63) is 24.3 Å². The van der Waals surface area contributed by atoms with Crippen LogP contribution in [0, 0.1) is 11.8 Å². The Morgan fingerprint density at radius 3 is 2.73 bits per heavy atom. The van der Waals surface area contributed by atoms with Crippen molar-refractivity contribution in [2.24, 2.45) is 4.99 Å². The summed E-state index contributed by atoms with van der Waals surface area (Å²) in [4.78, 5) is 4.38. The van der Waals surface area contributed by atoms with Gasteiger partial charge < -0.3 is 4.74 Å². The average Bonchev–Trinajstić information content (AvgIpc) is 2.20. The first-order chi connectivity index (χ1) is 7.24. The summed E-state index contributed by atoms with van der Waals surface area (Å²) in [6.45, 7) is 6.13. The Balaban J connectivity index is 2.85. The zero-order valence-electron chi connectivity index (χ0n) is 9.37. The Kier molecular flexibility index (Phi) is 4.43.